The van der Waals surface area contributed by atoms with Crippen LogP contribution in [0, 0.1) is 0 Å². The quantitative estimate of drug-likeness (QED) is 0.517. The van der Waals surface area contributed by atoms with Crippen molar-refractivity contribution in [2.75, 3.05) is 6.54 Å². The third-order valence-electron chi connectivity index (χ3n) is 1.58. The summed E-state index contributed by atoms with van der Waals surface area (Å²) in [6.45, 7) is 15.7. The van der Waals surface area contributed by atoms with Crippen molar-refractivity contribution in [2.45, 2.75) is 67.3 Å². The van der Waals surface area contributed by atoms with Crippen LogP contribution in [0.3, 0.4) is 0 Å². The molecular formula is C15H33N. The van der Waals surface area contributed by atoms with Crippen molar-refractivity contribution < 1.29 is 0 Å². The van der Waals surface area contributed by atoms with Crippen molar-refractivity contribution in [2.24, 2.45) is 0 Å². The lowest BCUT2D eigenvalue weighted by molar-refractivity contribution is 0.566. The van der Waals surface area contributed by atoms with Crippen molar-refractivity contribution in [3.8, 4) is 0 Å². The monoisotopic (exact) mass is 227 g/mol. The van der Waals surface area contributed by atoms with Gasteiger partial charge in [0.05, 0.1) is 0 Å². The predicted molar refractivity (Wildman–Crippen MR) is 79.0 cm³/mol. The Morgan fingerprint density at radius 2 is 1.44 bits per heavy atom. The van der Waals surface area contributed by atoms with E-state index in [2.05, 4.69) is 26.1 Å². The van der Waals surface area contributed by atoms with Crippen molar-refractivity contribution in [1.29, 1.82) is 0 Å². The molecule has 0 unspecified atom stereocenters. The Hall–Kier alpha value is -0.560. The number of rotatable bonds is 5. The molecule has 0 aliphatic rings. The fourth-order valence-corrected chi connectivity index (χ4v) is 0.790. The minimum absolute atomic E-state index is 0.654. The zero-order valence-corrected chi connectivity index (χ0v) is 12.5. The molecule has 0 aliphatic carbocycles. The third kappa shape index (κ3) is 37.6. The summed E-state index contributed by atoms with van der Waals surface area (Å²) < 4.78 is 0. The molecule has 0 atom stereocenters. The van der Waals surface area contributed by atoms with Gasteiger partial charge in [-0.25, -0.2) is 0 Å². The van der Waals surface area contributed by atoms with Crippen LogP contribution < -0.4 is 5.32 Å². The van der Waals surface area contributed by atoms with Crippen LogP contribution in [-0.2, 0) is 0 Å². The minimum Gasteiger partial charge on any atom is -0.315 e. The van der Waals surface area contributed by atoms with Gasteiger partial charge in [0.1, 0.15) is 0 Å². The number of hydrogen-bond donors (Lipinski definition) is 1. The Kier molecular flexibility index (Phi) is 31.1. The standard InChI is InChI=1S/C7H17N.C6H10.C2H6/c1-4-5-6-8-7(2)3;1-3-5-6-4-2;1-2/h7-8H,4-6H2,1-3H3;3-6H,1-2H3;1-2H3/b;5-3-,6-4-;. The second-order valence-electron chi connectivity index (χ2n) is 3.51. The molecule has 0 heterocycles. The number of hydrogen-bond acceptors (Lipinski definition) is 1. The number of unbranched alkanes of at least 4 members (excludes halogenated alkanes) is 1. The number of nitrogens with one attached hydrogen (secondary N) is 1. The molecule has 1 nitrogen and oxygen atoms in total. The van der Waals surface area contributed by atoms with Gasteiger partial charge in [-0.3, -0.25) is 0 Å². The summed E-state index contributed by atoms with van der Waals surface area (Å²) in [7, 11) is 0. The molecule has 0 aromatic carbocycles. The van der Waals surface area contributed by atoms with E-state index < -0.39 is 0 Å². The molecule has 0 radical (unpaired) electrons. The molecule has 16 heavy (non-hydrogen) atoms. The summed E-state index contributed by atoms with van der Waals surface area (Å²) in [4.78, 5) is 0. The van der Waals surface area contributed by atoms with Crippen LogP contribution in [0.5, 0.6) is 0 Å². The van der Waals surface area contributed by atoms with Crippen molar-refractivity contribution in [3.05, 3.63) is 24.3 Å². The van der Waals surface area contributed by atoms with E-state index in [0.29, 0.717) is 6.04 Å². The van der Waals surface area contributed by atoms with Crippen molar-refractivity contribution >= 4 is 0 Å². The van der Waals surface area contributed by atoms with Gasteiger partial charge in [-0.2, -0.15) is 0 Å². The van der Waals surface area contributed by atoms with Crippen LogP contribution in [0.25, 0.3) is 0 Å². The van der Waals surface area contributed by atoms with Crippen LogP contribution in [0.15, 0.2) is 24.3 Å². The summed E-state index contributed by atoms with van der Waals surface area (Å²) in [5, 5.41) is 3.35. The van der Waals surface area contributed by atoms with E-state index in [1.165, 1.54) is 19.4 Å². The highest BCUT2D eigenvalue weighted by Gasteiger charge is 1.87. The normalized spacial score (nSPS) is 10.0. The smallest absolute Gasteiger partial charge is 0.00103 e. The Labute approximate surface area is 104 Å². The first-order valence-electron chi connectivity index (χ1n) is 6.66. The molecule has 0 aromatic rings. The SMILES string of the molecule is C/C=C\C=C/C.CC.CCCCNC(C)C. The molecule has 0 rings (SSSR count). The fraction of sp³-hybridized carbons (Fsp3) is 0.733. The number of allylic oxidation sites excluding steroid dienone is 4. The van der Waals surface area contributed by atoms with Gasteiger partial charge in [-0.05, 0) is 26.8 Å². The Balaban J connectivity index is -0.000000188. The van der Waals surface area contributed by atoms with Crippen LogP contribution in [0.2, 0.25) is 0 Å². The Bertz CT molecular complexity index is 124. The highest BCUT2D eigenvalue weighted by molar-refractivity contribution is 4.98. The molecule has 0 saturated carbocycles. The second kappa shape index (κ2) is 23.9. The summed E-state index contributed by atoms with van der Waals surface area (Å²) in [5.41, 5.74) is 0. The first-order valence-corrected chi connectivity index (χ1v) is 6.66. The molecule has 0 spiro atoms. The van der Waals surface area contributed by atoms with Crippen LogP contribution in [-0.4, -0.2) is 12.6 Å². The van der Waals surface area contributed by atoms with Crippen LogP contribution >= 0.6 is 0 Å². The lowest BCUT2D eigenvalue weighted by Crippen LogP contribution is -2.23. The molecule has 1 heteroatoms. The van der Waals surface area contributed by atoms with Gasteiger partial charge in [-0.15, -0.1) is 0 Å². The molecule has 0 bridgehead atoms. The highest BCUT2D eigenvalue weighted by atomic mass is 14.9. The topological polar surface area (TPSA) is 12.0 Å². The lowest BCUT2D eigenvalue weighted by atomic mass is 10.3. The molecule has 0 amide bonds. The van der Waals surface area contributed by atoms with Crippen molar-refractivity contribution in [3.63, 3.8) is 0 Å². The Morgan fingerprint density at radius 3 is 1.69 bits per heavy atom. The van der Waals surface area contributed by atoms with E-state index in [4.69, 9.17) is 0 Å². The van der Waals surface area contributed by atoms with E-state index in [9.17, 15) is 0 Å². The van der Waals surface area contributed by atoms with Crippen molar-refractivity contribution in [1.82, 2.24) is 5.32 Å². The van der Waals surface area contributed by atoms with Gasteiger partial charge in [0.15, 0.2) is 0 Å². The molecular weight excluding hydrogens is 194 g/mol. The third-order valence-corrected chi connectivity index (χ3v) is 1.58. The maximum Gasteiger partial charge on any atom is 0.00103 e. The molecule has 0 saturated heterocycles. The maximum absolute atomic E-state index is 3.35. The average Bonchev–Trinajstić information content (AvgIpc) is 2.30. The largest absolute Gasteiger partial charge is 0.315 e. The first-order chi connectivity index (χ1) is 7.68. The Morgan fingerprint density at radius 1 is 1.00 bits per heavy atom. The summed E-state index contributed by atoms with van der Waals surface area (Å²) in [6.07, 6.45) is 10.6. The molecule has 1 N–H and O–H groups in total. The molecule has 98 valence electrons. The molecule has 0 aromatic heterocycles. The van der Waals surface area contributed by atoms with E-state index in [1.54, 1.807) is 0 Å². The molecule has 0 aliphatic heterocycles. The summed E-state index contributed by atoms with van der Waals surface area (Å²) in [6, 6.07) is 0.654. The van der Waals surface area contributed by atoms with Gasteiger partial charge in [0, 0.05) is 6.04 Å². The van der Waals surface area contributed by atoms with E-state index >= 15 is 0 Å². The van der Waals surface area contributed by atoms with Gasteiger partial charge < -0.3 is 5.32 Å². The average molecular weight is 227 g/mol. The molecule has 0 fully saturated rings. The summed E-state index contributed by atoms with van der Waals surface area (Å²) >= 11 is 0. The predicted octanol–water partition coefficient (Wildman–Crippen LogP) is 4.95. The zero-order chi connectivity index (χ0) is 13.2. The van der Waals surface area contributed by atoms with Crippen LogP contribution in [0.1, 0.15) is 61.3 Å². The van der Waals surface area contributed by atoms with E-state index in [0.717, 1.165) is 0 Å². The lowest BCUT2D eigenvalue weighted by Gasteiger charge is -2.05. The minimum atomic E-state index is 0.654. The fourth-order valence-electron chi connectivity index (χ4n) is 0.790. The zero-order valence-electron chi connectivity index (χ0n) is 12.5. The van der Waals surface area contributed by atoms with Crippen LogP contribution in [0.4, 0.5) is 0 Å². The van der Waals surface area contributed by atoms with E-state index in [-0.39, 0.29) is 0 Å². The van der Waals surface area contributed by atoms with Gasteiger partial charge in [-0.1, -0.05) is 65.3 Å². The highest BCUT2D eigenvalue weighted by Crippen LogP contribution is 1.83. The van der Waals surface area contributed by atoms with E-state index in [1.807, 2.05) is 52.0 Å². The second-order valence-corrected chi connectivity index (χ2v) is 3.51. The summed E-state index contributed by atoms with van der Waals surface area (Å²) in [5.74, 6) is 0. The van der Waals surface area contributed by atoms with Gasteiger partial charge in [0.2, 0.25) is 0 Å². The first kappa shape index (κ1) is 20.8. The van der Waals surface area contributed by atoms with Gasteiger partial charge in [0.25, 0.3) is 0 Å². The van der Waals surface area contributed by atoms with Gasteiger partial charge >= 0.3 is 0 Å². The maximum atomic E-state index is 3.35.